The second-order valence-corrected chi connectivity index (χ2v) is 5.87. The van der Waals surface area contributed by atoms with Crippen LogP contribution in [0.4, 0.5) is 30.5 Å². The molecule has 8 heteroatoms. The van der Waals surface area contributed by atoms with Gasteiger partial charge in [-0.15, -0.1) is 0 Å². The standard InChI is InChI=1S/C19H15F3N4O/c1-10-3-4-12(9-11(10)2)24-19-23-8-7-15(26-19)18(27)25-14-6-5-13(20)16(21)17(14)22/h3-9H,1-2H3,(H,25,27)(H,23,24,26). The van der Waals surface area contributed by atoms with Gasteiger partial charge in [-0.3, -0.25) is 4.79 Å². The highest BCUT2D eigenvalue weighted by Gasteiger charge is 2.17. The van der Waals surface area contributed by atoms with Crippen LogP contribution in [0.2, 0.25) is 0 Å². The largest absolute Gasteiger partial charge is 0.324 e. The van der Waals surface area contributed by atoms with Crippen molar-refractivity contribution in [2.24, 2.45) is 0 Å². The first-order chi connectivity index (χ1) is 12.8. The second-order valence-electron chi connectivity index (χ2n) is 5.87. The normalized spacial score (nSPS) is 10.6. The Morgan fingerprint density at radius 2 is 1.74 bits per heavy atom. The molecule has 2 N–H and O–H groups in total. The van der Waals surface area contributed by atoms with Gasteiger partial charge in [0.25, 0.3) is 5.91 Å². The van der Waals surface area contributed by atoms with Gasteiger partial charge in [-0.2, -0.15) is 0 Å². The van der Waals surface area contributed by atoms with E-state index in [0.717, 1.165) is 28.9 Å². The van der Waals surface area contributed by atoms with E-state index in [1.807, 2.05) is 32.0 Å². The molecule has 1 aromatic heterocycles. The van der Waals surface area contributed by atoms with Crippen molar-refractivity contribution >= 4 is 23.2 Å². The zero-order valence-electron chi connectivity index (χ0n) is 14.5. The number of aromatic nitrogens is 2. The summed E-state index contributed by atoms with van der Waals surface area (Å²) in [4.78, 5) is 20.3. The van der Waals surface area contributed by atoms with Gasteiger partial charge >= 0.3 is 0 Å². The molecule has 0 spiro atoms. The van der Waals surface area contributed by atoms with Crippen molar-refractivity contribution in [2.45, 2.75) is 13.8 Å². The molecule has 0 aliphatic carbocycles. The Morgan fingerprint density at radius 1 is 0.963 bits per heavy atom. The number of carbonyl (C=O) groups excluding carboxylic acids is 1. The lowest BCUT2D eigenvalue weighted by molar-refractivity contribution is 0.102. The van der Waals surface area contributed by atoms with Crippen molar-refractivity contribution in [1.82, 2.24) is 9.97 Å². The van der Waals surface area contributed by atoms with Crippen LogP contribution in [0.5, 0.6) is 0 Å². The highest BCUT2D eigenvalue weighted by Crippen LogP contribution is 2.21. The van der Waals surface area contributed by atoms with E-state index < -0.39 is 29.0 Å². The molecule has 0 aliphatic rings. The monoisotopic (exact) mass is 372 g/mol. The lowest BCUT2D eigenvalue weighted by Crippen LogP contribution is -2.16. The molecule has 0 atom stereocenters. The fraction of sp³-hybridized carbons (Fsp3) is 0.105. The third-order valence-corrected chi connectivity index (χ3v) is 3.93. The molecular weight excluding hydrogens is 357 g/mol. The molecule has 0 radical (unpaired) electrons. The Kier molecular flexibility index (Phi) is 5.07. The number of hydrogen-bond acceptors (Lipinski definition) is 4. The minimum atomic E-state index is -1.66. The first kappa shape index (κ1) is 18.4. The summed E-state index contributed by atoms with van der Waals surface area (Å²) >= 11 is 0. The van der Waals surface area contributed by atoms with E-state index in [1.165, 1.54) is 12.3 Å². The molecule has 0 fully saturated rings. The fourth-order valence-corrected chi connectivity index (χ4v) is 2.30. The summed E-state index contributed by atoms with van der Waals surface area (Å²) in [6, 6.07) is 8.65. The van der Waals surface area contributed by atoms with Crippen molar-refractivity contribution in [2.75, 3.05) is 10.6 Å². The Balaban J connectivity index is 1.79. The van der Waals surface area contributed by atoms with Crippen LogP contribution in [0, 0.1) is 31.3 Å². The molecule has 0 unspecified atom stereocenters. The number of halogens is 3. The lowest BCUT2D eigenvalue weighted by atomic mass is 10.1. The van der Waals surface area contributed by atoms with Crippen LogP contribution in [-0.2, 0) is 0 Å². The maximum absolute atomic E-state index is 13.7. The molecule has 3 rings (SSSR count). The maximum Gasteiger partial charge on any atom is 0.274 e. The predicted molar refractivity (Wildman–Crippen MR) is 95.5 cm³/mol. The Bertz CT molecular complexity index is 1020. The SMILES string of the molecule is Cc1ccc(Nc2nccc(C(=O)Nc3ccc(F)c(F)c3F)n2)cc1C. The summed E-state index contributed by atoms with van der Waals surface area (Å²) in [5.41, 5.74) is 2.38. The first-order valence-corrected chi connectivity index (χ1v) is 7.97. The number of carbonyl (C=O) groups is 1. The molecule has 1 amide bonds. The third kappa shape index (κ3) is 4.05. The van der Waals surface area contributed by atoms with Crippen molar-refractivity contribution in [3.05, 3.63) is 76.9 Å². The fourth-order valence-electron chi connectivity index (χ4n) is 2.30. The molecular formula is C19H15F3N4O. The van der Waals surface area contributed by atoms with Gasteiger partial charge in [0.15, 0.2) is 17.5 Å². The average molecular weight is 372 g/mol. The smallest absolute Gasteiger partial charge is 0.274 e. The van der Waals surface area contributed by atoms with E-state index in [4.69, 9.17) is 0 Å². The molecule has 0 saturated heterocycles. The number of benzene rings is 2. The van der Waals surface area contributed by atoms with E-state index in [1.54, 1.807) is 0 Å². The zero-order valence-corrected chi connectivity index (χ0v) is 14.5. The zero-order chi connectivity index (χ0) is 19.6. The van der Waals surface area contributed by atoms with Crippen molar-refractivity contribution in [3.8, 4) is 0 Å². The Morgan fingerprint density at radius 3 is 2.48 bits per heavy atom. The van der Waals surface area contributed by atoms with Gasteiger partial charge < -0.3 is 10.6 Å². The molecule has 138 valence electrons. The highest BCUT2D eigenvalue weighted by molar-refractivity contribution is 6.03. The Hall–Kier alpha value is -3.42. The molecule has 0 aliphatic heterocycles. The van der Waals surface area contributed by atoms with Gasteiger partial charge in [-0.1, -0.05) is 6.07 Å². The van der Waals surface area contributed by atoms with Crippen molar-refractivity contribution < 1.29 is 18.0 Å². The number of rotatable bonds is 4. The molecule has 0 saturated carbocycles. The van der Waals surface area contributed by atoms with Crippen LogP contribution in [0.25, 0.3) is 0 Å². The van der Waals surface area contributed by atoms with Crippen LogP contribution >= 0.6 is 0 Å². The van der Waals surface area contributed by atoms with E-state index >= 15 is 0 Å². The van der Waals surface area contributed by atoms with Gasteiger partial charge in [-0.25, -0.2) is 23.1 Å². The van der Waals surface area contributed by atoms with E-state index in [2.05, 4.69) is 20.6 Å². The van der Waals surface area contributed by atoms with Crippen LogP contribution in [0.15, 0.2) is 42.6 Å². The molecule has 27 heavy (non-hydrogen) atoms. The highest BCUT2D eigenvalue weighted by atomic mass is 19.2. The molecule has 5 nitrogen and oxygen atoms in total. The van der Waals surface area contributed by atoms with E-state index in [9.17, 15) is 18.0 Å². The van der Waals surface area contributed by atoms with Gasteiger partial charge in [0, 0.05) is 11.9 Å². The van der Waals surface area contributed by atoms with E-state index in [0.29, 0.717) is 0 Å². The van der Waals surface area contributed by atoms with E-state index in [-0.39, 0.29) is 11.6 Å². The number of aryl methyl sites for hydroxylation is 2. The van der Waals surface area contributed by atoms with Gasteiger partial charge in [0.2, 0.25) is 5.95 Å². The third-order valence-electron chi connectivity index (χ3n) is 3.93. The number of nitrogens with one attached hydrogen (secondary N) is 2. The second kappa shape index (κ2) is 7.45. The summed E-state index contributed by atoms with van der Waals surface area (Å²) in [6.07, 6.45) is 1.35. The maximum atomic E-state index is 13.7. The molecule has 2 aromatic carbocycles. The predicted octanol–water partition coefficient (Wildman–Crippen LogP) is 4.51. The number of anilines is 3. The summed E-state index contributed by atoms with van der Waals surface area (Å²) in [7, 11) is 0. The van der Waals surface area contributed by atoms with Gasteiger partial charge in [-0.05, 0) is 55.3 Å². The molecule has 3 aromatic rings. The minimum Gasteiger partial charge on any atom is -0.324 e. The number of nitrogens with zero attached hydrogens (tertiary/aromatic N) is 2. The Labute approximate surface area is 153 Å². The summed E-state index contributed by atoms with van der Waals surface area (Å²) in [6.45, 7) is 3.94. The summed E-state index contributed by atoms with van der Waals surface area (Å²) < 4.78 is 40.0. The summed E-state index contributed by atoms with van der Waals surface area (Å²) in [5.74, 6) is -5.10. The van der Waals surface area contributed by atoms with Crippen LogP contribution < -0.4 is 10.6 Å². The van der Waals surface area contributed by atoms with Gasteiger partial charge in [0.1, 0.15) is 5.69 Å². The van der Waals surface area contributed by atoms with Crippen molar-refractivity contribution in [1.29, 1.82) is 0 Å². The molecule has 1 heterocycles. The molecule has 0 bridgehead atoms. The topological polar surface area (TPSA) is 66.9 Å². The van der Waals surface area contributed by atoms with Gasteiger partial charge in [0.05, 0.1) is 5.69 Å². The lowest BCUT2D eigenvalue weighted by Gasteiger charge is -2.09. The first-order valence-electron chi connectivity index (χ1n) is 7.97. The van der Waals surface area contributed by atoms with Crippen LogP contribution in [0.3, 0.4) is 0 Å². The summed E-state index contributed by atoms with van der Waals surface area (Å²) in [5, 5.41) is 5.14. The minimum absolute atomic E-state index is 0.0690. The van der Waals surface area contributed by atoms with Crippen molar-refractivity contribution in [3.63, 3.8) is 0 Å². The van der Waals surface area contributed by atoms with Crippen LogP contribution in [0.1, 0.15) is 21.6 Å². The quantitative estimate of drug-likeness (QED) is 0.662. The average Bonchev–Trinajstić information content (AvgIpc) is 2.65. The number of amides is 1. The van der Waals surface area contributed by atoms with Crippen LogP contribution in [-0.4, -0.2) is 15.9 Å². The number of hydrogen-bond donors (Lipinski definition) is 2.